The van der Waals surface area contributed by atoms with E-state index in [1.807, 2.05) is 0 Å². The lowest BCUT2D eigenvalue weighted by Gasteiger charge is -1.89. The van der Waals surface area contributed by atoms with Gasteiger partial charge in [0.1, 0.15) is 5.37 Å². The first-order chi connectivity index (χ1) is 3.42. The third kappa shape index (κ3) is 5.48. The van der Waals surface area contributed by atoms with E-state index in [2.05, 4.69) is 0 Å². The van der Waals surface area contributed by atoms with Gasteiger partial charge in [0.15, 0.2) is 0 Å². The lowest BCUT2D eigenvalue weighted by molar-refractivity contribution is -0.0515. The van der Waals surface area contributed by atoms with Gasteiger partial charge in [0, 0.05) is 0 Å². The Balaban J connectivity index is 4.34. The van der Waals surface area contributed by atoms with Crippen LogP contribution < -0.4 is 0 Å². The Morgan fingerprint density at radius 2 is 1.62 bits per heavy atom. The van der Waals surface area contributed by atoms with Gasteiger partial charge in [-0.05, 0) is 0 Å². The second kappa shape index (κ2) is 2.17. The zero-order chi connectivity index (χ0) is 6.78. The number of alkyl halides is 3. The Morgan fingerprint density at radius 1 is 1.25 bits per heavy atom. The lowest BCUT2D eigenvalue weighted by atomic mass is 10.8. The zero-order valence-electron chi connectivity index (χ0n) is 3.44. The molecule has 0 aliphatic carbocycles. The van der Waals surface area contributed by atoms with Crippen molar-refractivity contribution in [3.05, 3.63) is 0 Å². The smallest absolute Gasteiger partial charge is 0.185 e. The van der Waals surface area contributed by atoms with Crippen molar-refractivity contribution in [2.45, 2.75) is 6.18 Å². The Kier molecular flexibility index (Phi) is 2.02. The van der Waals surface area contributed by atoms with Crippen molar-refractivity contribution >= 4 is 15.7 Å². The normalized spacial score (nSPS) is 10.9. The third-order valence-electron chi connectivity index (χ3n) is 0.230. The number of rotatable bonds is 0. The van der Waals surface area contributed by atoms with Gasteiger partial charge in [-0.25, -0.2) is 0 Å². The van der Waals surface area contributed by atoms with E-state index in [1.54, 1.807) is 0 Å². The monoisotopic (exact) mass is 146 g/mol. The van der Waals surface area contributed by atoms with Gasteiger partial charge < -0.3 is 0 Å². The SMILES string of the molecule is O=S(=O)=CC(F)(F)F. The quantitative estimate of drug-likeness (QED) is 0.458. The summed E-state index contributed by atoms with van der Waals surface area (Å²) in [7, 11) is -3.14. The lowest BCUT2D eigenvalue weighted by Crippen LogP contribution is -2.08. The van der Waals surface area contributed by atoms with Gasteiger partial charge in [0.05, 0.1) is 0 Å². The predicted octanol–water partition coefficient (Wildman–Crippen LogP) is 0.230. The molecule has 0 aliphatic rings. The fourth-order valence-electron chi connectivity index (χ4n) is 0.109. The fraction of sp³-hybridized carbons (Fsp3) is 0.500. The Bertz CT molecular complexity index is 178. The molecule has 0 atom stereocenters. The maximum absolute atomic E-state index is 10.9. The van der Waals surface area contributed by atoms with Crippen LogP contribution in [-0.4, -0.2) is 20.0 Å². The van der Waals surface area contributed by atoms with E-state index in [-0.39, 0.29) is 0 Å². The second-order valence-electron chi connectivity index (χ2n) is 0.920. The molecule has 0 amide bonds. The van der Waals surface area contributed by atoms with Crippen LogP contribution in [0.1, 0.15) is 0 Å². The second-order valence-corrected chi connectivity index (χ2v) is 1.68. The van der Waals surface area contributed by atoms with Gasteiger partial charge in [0.2, 0.25) is 10.3 Å². The summed E-state index contributed by atoms with van der Waals surface area (Å²) >= 11 is 0. The molecule has 8 heavy (non-hydrogen) atoms. The Labute approximate surface area is 44.5 Å². The van der Waals surface area contributed by atoms with Crippen LogP contribution in [0.3, 0.4) is 0 Å². The molecule has 0 saturated carbocycles. The Morgan fingerprint density at radius 3 is 1.62 bits per heavy atom. The van der Waals surface area contributed by atoms with Crippen LogP contribution in [0.15, 0.2) is 0 Å². The van der Waals surface area contributed by atoms with Crippen molar-refractivity contribution in [3.8, 4) is 0 Å². The Hall–Kier alpha value is -0.520. The first-order valence-corrected chi connectivity index (χ1v) is 2.56. The highest BCUT2D eigenvalue weighted by Gasteiger charge is 2.24. The van der Waals surface area contributed by atoms with Crippen molar-refractivity contribution in [2.75, 3.05) is 0 Å². The molecule has 0 N–H and O–H groups in total. The van der Waals surface area contributed by atoms with Gasteiger partial charge in [-0.3, -0.25) is 0 Å². The molecule has 0 radical (unpaired) electrons. The molecule has 6 heteroatoms. The van der Waals surface area contributed by atoms with Crippen molar-refractivity contribution < 1.29 is 21.6 Å². The van der Waals surface area contributed by atoms with E-state index >= 15 is 0 Å². The zero-order valence-corrected chi connectivity index (χ0v) is 4.25. The summed E-state index contributed by atoms with van der Waals surface area (Å²) in [5, 5.41) is -0.729. The first kappa shape index (κ1) is 7.48. The van der Waals surface area contributed by atoms with Crippen molar-refractivity contribution in [2.24, 2.45) is 0 Å². The molecule has 0 aromatic rings. The van der Waals surface area contributed by atoms with Gasteiger partial charge in [0.25, 0.3) is 0 Å². The van der Waals surface area contributed by atoms with E-state index in [0.717, 1.165) is 0 Å². The molecular weight excluding hydrogens is 145 g/mol. The maximum Gasteiger partial charge on any atom is 0.424 e. The summed E-state index contributed by atoms with van der Waals surface area (Å²) in [4.78, 5) is 0. The molecule has 48 valence electrons. The maximum atomic E-state index is 10.9. The van der Waals surface area contributed by atoms with E-state index in [4.69, 9.17) is 0 Å². The van der Waals surface area contributed by atoms with Crippen LogP contribution in [0, 0.1) is 0 Å². The standard InChI is InChI=1S/C2HF3O2S/c3-2(4,5)1-8(6)7/h1H. The van der Waals surface area contributed by atoms with E-state index in [9.17, 15) is 21.6 Å². The molecular formula is C2HF3O2S. The molecule has 0 rings (SSSR count). The summed E-state index contributed by atoms with van der Waals surface area (Å²) in [5.41, 5.74) is 0. The largest absolute Gasteiger partial charge is 0.424 e. The molecule has 0 spiro atoms. The highest BCUT2D eigenvalue weighted by molar-refractivity contribution is 7.71. The van der Waals surface area contributed by atoms with E-state index in [1.165, 1.54) is 0 Å². The van der Waals surface area contributed by atoms with Gasteiger partial charge >= 0.3 is 6.18 Å². The molecule has 0 aromatic heterocycles. The first-order valence-electron chi connectivity index (χ1n) is 1.42. The summed E-state index contributed by atoms with van der Waals surface area (Å²) < 4.78 is 51.1. The molecule has 0 saturated heterocycles. The van der Waals surface area contributed by atoms with Crippen LogP contribution >= 0.6 is 0 Å². The molecule has 0 unspecified atom stereocenters. The van der Waals surface area contributed by atoms with Gasteiger partial charge in [-0.2, -0.15) is 21.6 Å². The average molecular weight is 146 g/mol. The summed E-state index contributed by atoms with van der Waals surface area (Å²) in [6.07, 6.45) is -4.72. The van der Waals surface area contributed by atoms with Crippen molar-refractivity contribution in [3.63, 3.8) is 0 Å². The average Bonchev–Trinajstić information content (AvgIpc) is 1.21. The highest BCUT2D eigenvalue weighted by atomic mass is 32.2. The molecule has 0 aliphatic heterocycles. The van der Waals surface area contributed by atoms with Crippen LogP contribution in [0.25, 0.3) is 0 Å². The predicted molar refractivity (Wildman–Crippen MR) is 21.0 cm³/mol. The van der Waals surface area contributed by atoms with Crippen LogP contribution in [0.2, 0.25) is 0 Å². The fourth-order valence-corrected chi connectivity index (χ4v) is 0.327. The van der Waals surface area contributed by atoms with E-state index in [0.29, 0.717) is 0 Å². The van der Waals surface area contributed by atoms with Gasteiger partial charge in [-0.1, -0.05) is 0 Å². The molecule has 0 bridgehead atoms. The minimum Gasteiger partial charge on any atom is -0.185 e. The highest BCUT2D eigenvalue weighted by Crippen LogP contribution is 2.09. The number of hydrogen-bond donors (Lipinski definition) is 0. The molecule has 0 aromatic carbocycles. The van der Waals surface area contributed by atoms with Crippen LogP contribution in [-0.2, 0) is 10.3 Å². The molecule has 0 heterocycles. The topological polar surface area (TPSA) is 34.1 Å². The van der Waals surface area contributed by atoms with E-state index < -0.39 is 21.8 Å². The third-order valence-corrected chi connectivity index (χ3v) is 0.690. The molecule has 2 nitrogen and oxygen atoms in total. The number of halogens is 3. The molecule has 0 fully saturated rings. The summed E-state index contributed by atoms with van der Waals surface area (Å²) in [5.74, 6) is 0. The minimum absolute atomic E-state index is 0.729. The van der Waals surface area contributed by atoms with Gasteiger partial charge in [-0.15, -0.1) is 0 Å². The summed E-state index contributed by atoms with van der Waals surface area (Å²) in [6.45, 7) is 0. The van der Waals surface area contributed by atoms with Crippen LogP contribution in [0.5, 0.6) is 0 Å². The van der Waals surface area contributed by atoms with Crippen LogP contribution in [0.4, 0.5) is 13.2 Å². The van der Waals surface area contributed by atoms with Crippen molar-refractivity contribution in [1.29, 1.82) is 0 Å². The minimum atomic E-state index is -4.72. The summed E-state index contributed by atoms with van der Waals surface area (Å²) in [6, 6.07) is 0. The number of hydrogen-bond acceptors (Lipinski definition) is 2. The van der Waals surface area contributed by atoms with Crippen molar-refractivity contribution in [1.82, 2.24) is 0 Å².